The molecule has 0 aromatic carbocycles. The van der Waals surface area contributed by atoms with Gasteiger partial charge in [0.15, 0.2) is 5.65 Å². The third-order valence-corrected chi connectivity index (χ3v) is 2.81. The van der Waals surface area contributed by atoms with Gasteiger partial charge in [0.1, 0.15) is 18.0 Å². The molecule has 19 heavy (non-hydrogen) atoms. The van der Waals surface area contributed by atoms with Crippen LogP contribution in [0.4, 0.5) is 17.3 Å². The van der Waals surface area contributed by atoms with Crippen LogP contribution < -0.4 is 10.6 Å². The van der Waals surface area contributed by atoms with E-state index in [9.17, 15) is 0 Å². The lowest BCUT2D eigenvalue weighted by Crippen LogP contribution is -1.98. The predicted octanol–water partition coefficient (Wildman–Crippen LogP) is 1.54. The van der Waals surface area contributed by atoms with Crippen LogP contribution in [-0.2, 0) is 7.05 Å². The van der Waals surface area contributed by atoms with Gasteiger partial charge in [-0.15, -0.1) is 0 Å². The SMILES string of the molecule is CNc1ccc(Nc2ncnc3c2cnn3C)cn1. The van der Waals surface area contributed by atoms with Gasteiger partial charge in [0.05, 0.1) is 23.5 Å². The number of hydrogen-bond donors (Lipinski definition) is 2. The Morgan fingerprint density at radius 3 is 2.74 bits per heavy atom. The smallest absolute Gasteiger partial charge is 0.163 e. The summed E-state index contributed by atoms with van der Waals surface area (Å²) in [6.45, 7) is 0. The summed E-state index contributed by atoms with van der Waals surface area (Å²) in [4.78, 5) is 12.7. The second-order valence-corrected chi connectivity index (χ2v) is 4.03. The molecule has 0 spiro atoms. The molecule has 0 unspecified atom stereocenters. The lowest BCUT2D eigenvalue weighted by atomic mass is 10.3. The van der Waals surface area contributed by atoms with Crippen LogP contribution in [0.25, 0.3) is 11.0 Å². The average Bonchev–Trinajstić information content (AvgIpc) is 2.83. The number of aryl methyl sites for hydroxylation is 1. The van der Waals surface area contributed by atoms with Crippen molar-refractivity contribution in [1.82, 2.24) is 24.7 Å². The summed E-state index contributed by atoms with van der Waals surface area (Å²) < 4.78 is 1.71. The minimum atomic E-state index is 0.720. The summed E-state index contributed by atoms with van der Waals surface area (Å²) in [5.41, 5.74) is 1.65. The van der Waals surface area contributed by atoms with Gasteiger partial charge < -0.3 is 10.6 Å². The van der Waals surface area contributed by atoms with Gasteiger partial charge in [-0.25, -0.2) is 15.0 Å². The van der Waals surface area contributed by atoms with Crippen molar-refractivity contribution < 1.29 is 0 Å². The van der Waals surface area contributed by atoms with E-state index in [4.69, 9.17) is 0 Å². The Balaban J connectivity index is 1.96. The maximum Gasteiger partial charge on any atom is 0.163 e. The van der Waals surface area contributed by atoms with Crippen molar-refractivity contribution in [2.75, 3.05) is 17.7 Å². The van der Waals surface area contributed by atoms with E-state index in [0.29, 0.717) is 0 Å². The number of hydrogen-bond acceptors (Lipinski definition) is 6. The highest BCUT2D eigenvalue weighted by Crippen LogP contribution is 2.22. The van der Waals surface area contributed by atoms with E-state index in [1.165, 1.54) is 6.33 Å². The molecule has 2 N–H and O–H groups in total. The zero-order chi connectivity index (χ0) is 13.2. The van der Waals surface area contributed by atoms with Crippen molar-refractivity contribution in [3.8, 4) is 0 Å². The molecule has 0 radical (unpaired) electrons. The molecule has 0 aliphatic carbocycles. The molecule has 3 rings (SSSR count). The lowest BCUT2D eigenvalue weighted by Gasteiger charge is -2.06. The quantitative estimate of drug-likeness (QED) is 0.739. The second kappa shape index (κ2) is 4.52. The summed E-state index contributed by atoms with van der Waals surface area (Å²) in [6, 6.07) is 3.83. The summed E-state index contributed by atoms with van der Waals surface area (Å²) in [6.07, 6.45) is 5.00. The highest BCUT2D eigenvalue weighted by Gasteiger charge is 2.07. The van der Waals surface area contributed by atoms with Crippen LogP contribution in [0.1, 0.15) is 0 Å². The van der Waals surface area contributed by atoms with Crippen LogP contribution in [0.3, 0.4) is 0 Å². The van der Waals surface area contributed by atoms with Gasteiger partial charge in [0, 0.05) is 14.1 Å². The normalized spacial score (nSPS) is 10.6. The fourth-order valence-electron chi connectivity index (χ4n) is 1.81. The average molecular weight is 255 g/mol. The third kappa shape index (κ3) is 2.05. The standard InChI is InChI=1S/C12H13N7/c1-13-10-4-3-8(5-14-10)18-11-9-6-17-19(2)12(9)16-7-15-11/h3-7H,1-2H3,(H,13,14)(H,15,16,18). The third-order valence-electron chi connectivity index (χ3n) is 2.81. The van der Waals surface area contributed by atoms with Gasteiger partial charge in [0.2, 0.25) is 0 Å². The van der Waals surface area contributed by atoms with Crippen LogP contribution in [0.2, 0.25) is 0 Å². The summed E-state index contributed by atoms with van der Waals surface area (Å²) in [5.74, 6) is 1.54. The van der Waals surface area contributed by atoms with Gasteiger partial charge >= 0.3 is 0 Å². The van der Waals surface area contributed by atoms with Crippen LogP contribution in [0.5, 0.6) is 0 Å². The van der Waals surface area contributed by atoms with Crippen molar-refractivity contribution in [1.29, 1.82) is 0 Å². The monoisotopic (exact) mass is 255 g/mol. The first-order chi connectivity index (χ1) is 9.28. The van der Waals surface area contributed by atoms with Crippen molar-refractivity contribution in [2.45, 2.75) is 0 Å². The number of nitrogens with zero attached hydrogens (tertiary/aromatic N) is 5. The van der Waals surface area contributed by atoms with Crippen molar-refractivity contribution in [3.05, 3.63) is 30.9 Å². The molecule has 7 nitrogen and oxygen atoms in total. The minimum Gasteiger partial charge on any atom is -0.373 e. The first-order valence-electron chi connectivity index (χ1n) is 5.81. The lowest BCUT2D eigenvalue weighted by molar-refractivity contribution is 0.785. The molecule has 0 aliphatic rings. The van der Waals surface area contributed by atoms with Gasteiger partial charge in [-0.05, 0) is 12.1 Å². The Labute approximate surface area is 109 Å². The molecule has 0 fully saturated rings. The number of aromatic nitrogens is 5. The molecule has 3 heterocycles. The molecular formula is C12H13N7. The van der Waals surface area contributed by atoms with Gasteiger partial charge in [0.25, 0.3) is 0 Å². The fourth-order valence-corrected chi connectivity index (χ4v) is 1.81. The van der Waals surface area contributed by atoms with Crippen LogP contribution in [0.15, 0.2) is 30.9 Å². The molecule has 0 bridgehead atoms. The van der Waals surface area contributed by atoms with Crippen LogP contribution in [0, 0.1) is 0 Å². The highest BCUT2D eigenvalue weighted by atomic mass is 15.3. The number of rotatable bonds is 3. The Hall–Kier alpha value is -2.70. The molecule has 3 aromatic rings. The number of nitrogens with one attached hydrogen (secondary N) is 2. The zero-order valence-corrected chi connectivity index (χ0v) is 10.6. The van der Waals surface area contributed by atoms with Gasteiger partial charge in [-0.1, -0.05) is 0 Å². The molecule has 0 atom stereocenters. The summed E-state index contributed by atoms with van der Waals surface area (Å²) in [5, 5.41) is 11.2. The van der Waals surface area contributed by atoms with E-state index in [0.717, 1.165) is 28.4 Å². The van der Waals surface area contributed by atoms with Gasteiger partial charge in [-0.3, -0.25) is 4.68 Å². The number of fused-ring (bicyclic) bond motifs is 1. The minimum absolute atomic E-state index is 0.720. The number of anilines is 3. The Morgan fingerprint density at radius 2 is 2.00 bits per heavy atom. The summed E-state index contributed by atoms with van der Waals surface area (Å²) >= 11 is 0. The van der Waals surface area contributed by atoms with Crippen LogP contribution >= 0.6 is 0 Å². The van der Waals surface area contributed by atoms with E-state index in [2.05, 4.69) is 30.7 Å². The maximum atomic E-state index is 4.24. The van der Waals surface area contributed by atoms with Crippen molar-refractivity contribution in [2.24, 2.45) is 7.05 Å². The molecule has 96 valence electrons. The summed E-state index contributed by atoms with van der Waals surface area (Å²) in [7, 11) is 3.68. The van der Waals surface area contributed by atoms with Crippen molar-refractivity contribution in [3.63, 3.8) is 0 Å². The molecule has 0 saturated carbocycles. The van der Waals surface area contributed by atoms with Gasteiger partial charge in [-0.2, -0.15) is 5.10 Å². The maximum absolute atomic E-state index is 4.24. The predicted molar refractivity (Wildman–Crippen MR) is 73.4 cm³/mol. The molecule has 7 heteroatoms. The topological polar surface area (TPSA) is 80.5 Å². The van der Waals surface area contributed by atoms with Crippen LogP contribution in [-0.4, -0.2) is 31.8 Å². The molecule has 0 aliphatic heterocycles. The molecule has 0 amide bonds. The fraction of sp³-hybridized carbons (Fsp3) is 0.167. The van der Waals surface area contributed by atoms with E-state index < -0.39 is 0 Å². The molecule has 3 aromatic heterocycles. The first kappa shape index (κ1) is 11.4. The molecular weight excluding hydrogens is 242 g/mol. The molecule has 0 saturated heterocycles. The number of pyridine rings is 1. The van der Waals surface area contributed by atoms with Crippen molar-refractivity contribution >= 4 is 28.4 Å². The Bertz CT molecular complexity index is 702. The second-order valence-electron chi connectivity index (χ2n) is 4.03. The van der Waals surface area contributed by atoms with E-state index >= 15 is 0 Å². The Morgan fingerprint density at radius 1 is 1.11 bits per heavy atom. The van der Waals surface area contributed by atoms with E-state index in [1.807, 2.05) is 26.2 Å². The van der Waals surface area contributed by atoms with E-state index in [1.54, 1.807) is 17.1 Å². The Kier molecular flexibility index (Phi) is 2.71. The zero-order valence-electron chi connectivity index (χ0n) is 10.6. The largest absolute Gasteiger partial charge is 0.373 e. The first-order valence-corrected chi connectivity index (χ1v) is 5.81. The van der Waals surface area contributed by atoms with E-state index in [-0.39, 0.29) is 0 Å². The highest BCUT2D eigenvalue weighted by molar-refractivity contribution is 5.88.